The van der Waals surface area contributed by atoms with E-state index in [1.165, 1.54) is 257 Å². The van der Waals surface area contributed by atoms with Gasteiger partial charge >= 0.3 is 0 Å². The molecule has 0 aliphatic carbocycles. The molecule has 0 saturated carbocycles. The van der Waals surface area contributed by atoms with Gasteiger partial charge in [0.2, 0.25) is 5.91 Å². The monoisotopic (exact) mass is 1010 g/mol. The number of carbonyl (C=O) groups is 1. The van der Waals surface area contributed by atoms with E-state index in [1.807, 2.05) is 0 Å². The fourth-order valence-corrected chi connectivity index (χ4v) is 10.4. The first-order chi connectivity index (χ1) is 34.8. The van der Waals surface area contributed by atoms with Gasteiger partial charge < -0.3 is 40.3 Å². The van der Waals surface area contributed by atoms with Crippen LogP contribution in [0.1, 0.15) is 322 Å². The lowest BCUT2D eigenvalue weighted by Gasteiger charge is -2.40. The van der Waals surface area contributed by atoms with Crippen LogP contribution in [0, 0.1) is 0 Å². The molecule has 6 N–H and O–H groups in total. The van der Waals surface area contributed by atoms with Gasteiger partial charge in [-0.2, -0.15) is 0 Å². The van der Waals surface area contributed by atoms with Gasteiger partial charge in [0.25, 0.3) is 0 Å². The van der Waals surface area contributed by atoms with Crippen molar-refractivity contribution in [1.29, 1.82) is 0 Å². The van der Waals surface area contributed by atoms with Crippen LogP contribution in [0.3, 0.4) is 0 Å². The fourth-order valence-electron chi connectivity index (χ4n) is 10.4. The van der Waals surface area contributed by atoms with Gasteiger partial charge in [-0.3, -0.25) is 4.79 Å². The third-order valence-corrected chi connectivity index (χ3v) is 15.4. The van der Waals surface area contributed by atoms with Crippen LogP contribution < -0.4 is 5.32 Å². The molecule has 1 saturated heterocycles. The Kier molecular flexibility index (Phi) is 50.1. The number of hydrogen-bond acceptors (Lipinski definition) is 8. The second-order valence-electron chi connectivity index (χ2n) is 22.2. The van der Waals surface area contributed by atoms with Crippen molar-refractivity contribution in [3.05, 3.63) is 12.2 Å². The molecular weight excluding hydrogens is 887 g/mol. The second-order valence-corrected chi connectivity index (χ2v) is 22.2. The Hall–Kier alpha value is -1.07. The minimum Gasteiger partial charge on any atom is -0.394 e. The van der Waals surface area contributed by atoms with Crippen LogP contribution in [-0.2, 0) is 14.3 Å². The Morgan fingerprint density at radius 3 is 1.14 bits per heavy atom. The number of amides is 1. The van der Waals surface area contributed by atoms with Gasteiger partial charge in [0.1, 0.15) is 24.4 Å². The molecule has 1 aliphatic rings. The lowest BCUT2D eigenvalue weighted by Crippen LogP contribution is -2.60. The summed E-state index contributed by atoms with van der Waals surface area (Å²) in [5.74, 6) is -0.141. The average Bonchev–Trinajstić information content (AvgIpc) is 3.37. The first-order valence-corrected chi connectivity index (χ1v) is 31.4. The SMILES string of the molecule is CCCCCCCCCCCCCC/C=C\CCCCCCCCCCC(=O)NC(COC1OC(CO)C(O)C(O)C1O)C(O)CCCCCCCCCCCCCCCCCCCCCCCCCC. The predicted molar refractivity (Wildman–Crippen MR) is 300 cm³/mol. The predicted octanol–water partition coefficient (Wildman–Crippen LogP) is 16.0. The summed E-state index contributed by atoms with van der Waals surface area (Å²) >= 11 is 0. The van der Waals surface area contributed by atoms with E-state index in [1.54, 1.807) is 0 Å². The highest BCUT2D eigenvalue weighted by Gasteiger charge is 2.44. The maximum atomic E-state index is 13.1. The van der Waals surface area contributed by atoms with Crippen molar-refractivity contribution in [3.63, 3.8) is 0 Å². The minimum absolute atomic E-state index is 0.135. The van der Waals surface area contributed by atoms with E-state index in [0.29, 0.717) is 12.8 Å². The van der Waals surface area contributed by atoms with E-state index in [0.717, 1.165) is 38.5 Å². The summed E-state index contributed by atoms with van der Waals surface area (Å²) < 4.78 is 11.3. The smallest absolute Gasteiger partial charge is 0.220 e. The van der Waals surface area contributed by atoms with E-state index < -0.39 is 49.5 Å². The van der Waals surface area contributed by atoms with Crippen LogP contribution in [0.4, 0.5) is 0 Å². The van der Waals surface area contributed by atoms with E-state index >= 15 is 0 Å². The molecule has 1 aliphatic heterocycles. The standard InChI is InChI=1S/C62H121NO8/c1-3-5-7-9-11-13-15-17-19-21-23-25-27-29-31-33-35-37-39-41-43-45-47-49-51-56(65)55(54-70-62-61(69)60(68)59(67)57(53-64)71-62)63-58(66)52-50-48-46-44-42-40-38-36-34-32-30-28-26-24-22-20-18-16-14-12-10-8-6-4-2/h30,32,55-57,59-62,64-65,67-69H,3-29,31,33-54H2,1-2H3,(H,63,66)/b32-30-. The van der Waals surface area contributed by atoms with Crippen molar-refractivity contribution in [2.75, 3.05) is 13.2 Å². The van der Waals surface area contributed by atoms with E-state index in [-0.39, 0.29) is 12.5 Å². The molecule has 0 bridgehead atoms. The highest BCUT2D eigenvalue weighted by Crippen LogP contribution is 2.23. The van der Waals surface area contributed by atoms with Crippen LogP contribution in [0.5, 0.6) is 0 Å². The zero-order valence-electron chi connectivity index (χ0n) is 47.0. The summed E-state index contributed by atoms with van der Waals surface area (Å²) in [7, 11) is 0. The Bertz CT molecular complexity index is 1120. The summed E-state index contributed by atoms with van der Waals surface area (Å²) in [6, 6.07) is -0.719. The van der Waals surface area contributed by atoms with Crippen molar-refractivity contribution < 1.29 is 39.8 Å². The average molecular weight is 1010 g/mol. The molecule has 9 nitrogen and oxygen atoms in total. The largest absolute Gasteiger partial charge is 0.394 e. The number of nitrogens with one attached hydrogen (secondary N) is 1. The molecular formula is C62H121NO8. The lowest BCUT2D eigenvalue weighted by molar-refractivity contribution is -0.302. The van der Waals surface area contributed by atoms with Gasteiger partial charge in [-0.25, -0.2) is 0 Å². The van der Waals surface area contributed by atoms with Crippen LogP contribution in [-0.4, -0.2) is 87.5 Å². The zero-order valence-corrected chi connectivity index (χ0v) is 47.0. The Balaban J connectivity index is 2.17. The molecule has 1 fully saturated rings. The molecule has 71 heavy (non-hydrogen) atoms. The molecule has 422 valence electrons. The number of aliphatic hydroxyl groups is 5. The normalized spacial score (nSPS) is 19.2. The second kappa shape index (κ2) is 52.4. The van der Waals surface area contributed by atoms with Crippen molar-refractivity contribution >= 4 is 5.91 Å². The number of aliphatic hydroxyl groups excluding tert-OH is 5. The number of allylic oxidation sites excluding steroid dienone is 2. The van der Waals surface area contributed by atoms with Gasteiger partial charge in [0, 0.05) is 6.42 Å². The number of carbonyl (C=O) groups excluding carboxylic acids is 1. The van der Waals surface area contributed by atoms with Crippen molar-refractivity contribution in [1.82, 2.24) is 5.32 Å². The van der Waals surface area contributed by atoms with Crippen molar-refractivity contribution in [2.45, 2.75) is 365 Å². The molecule has 0 aromatic rings. The molecule has 7 atom stereocenters. The Labute approximate surface area is 439 Å². The maximum absolute atomic E-state index is 13.1. The molecule has 7 unspecified atom stereocenters. The highest BCUT2D eigenvalue weighted by atomic mass is 16.7. The maximum Gasteiger partial charge on any atom is 0.220 e. The van der Waals surface area contributed by atoms with Gasteiger partial charge in [-0.1, -0.05) is 289 Å². The highest BCUT2D eigenvalue weighted by molar-refractivity contribution is 5.76. The number of unbranched alkanes of at least 4 members (excludes halogenated alkanes) is 43. The first-order valence-electron chi connectivity index (χ1n) is 31.4. The minimum atomic E-state index is -1.55. The quantitative estimate of drug-likeness (QED) is 0.0261. The van der Waals surface area contributed by atoms with Gasteiger partial charge in [0.15, 0.2) is 6.29 Å². The summed E-state index contributed by atoms with van der Waals surface area (Å²) in [6.45, 7) is 3.89. The van der Waals surface area contributed by atoms with Crippen LogP contribution >= 0.6 is 0 Å². The Morgan fingerprint density at radius 2 is 0.789 bits per heavy atom. The molecule has 0 aromatic heterocycles. The topological polar surface area (TPSA) is 149 Å². The van der Waals surface area contributed by atoms with Crippen molar-refractivity contribution in [3.8, 4) is 0 Å². The number of hydrogen-bond donors (Lipinski definition) is 6. The molecule has 0 aromatic carbocycles. The summed E-state index contributed by atoms with van der Waals surface area (Å²) in [5.41, 5.74) is 0. The first kappa shape index (κ1) is 67.9. The van der Waals surface area contributed by atoms with Crippen LogP contribution in [0.15, 0.2) is 12.2 Å². The van der Waals surface area contributed by atoms with Gasteiger partial charge in [0.05, 0.1) is 25.4 Å². The molecule has 0 spiro atoms. The van der Waals surface area contributed by atoms with E-state index in [2.05, 4.69) is 31.3 Å². The molecule has 0 radical (unpaired) electrons. The number of ether oxygens (including phenoxy) is 2. The number of rotatable bonds is 55. The van der Waals surface area contributed by atoms with E-state index in [9.17, 15) is 30.3 Å². The third-order valence-electron chi connectivity index (χ3n) is 15.4. The summed E-state index contributed by atoms with van der Waals surface area (Å²) in [4.78, 5) is 13.1. The molecule has 9 heteroatoms. The molecule has 1 rings (SSSR count). The van der Waals surface area contributed by atoms with Crippen molar-refractivity contribution in [2.24, 2.45) is 0 Å². The third kappa shape index (κ3) is 41.8. The summed E-state index contributed by atoms with van der Waals surface area (Å²) in [5, 5.41) is 54.8. The van der Waals surface area contributed by atoms with Gasteiger partial charge in [-0.15, -0.1) is 0 Å². The van der Waals surface area contributed by atoms with Crippen LogP contribution in [0.25, 0.3) is 0 Å². The summed E-state index contributed by atoms with van der Waals surface area (Å²) in [6.07, 6.45) is 58.2. The fraction of sp³-hybridized carbons (Fsp3) is 0.952. The Morgan fingerprint density at radius 1 is 0.465 bits per heavy atom. The zero-order chi connectivity index (χ0) is 51.5. The molecule has 1 heterocycles. The lowest BCUT2D eigenvalue weighted by atomic mass is 9.99. The van der Waals surface area contributed by atoms with Crippen LogP contribution in [0.2, 0.25) is 0 Å². The van der Waals surface area contributed by atoms with Gasteiger partial charge in [-0.05, 0) is 38.5 Å². The molecule has 1 amide bonds. The van der Waals surface area contributed by atoms with E-state index in [4.69, 9.17) is 9.47 Å².